The zero-order chi connectivity index (χ0) is 10.8. The van der Waals surface area contributed by atoms with E-state index in [-0.39, 0.29) is 12.1 Å². The molecule has 78 valence electrons. The van der Waals surface area contributed by atoms with Crippen molar-refractivity contribution >= 4 is 6.09 Å². The number of nitrogens with zero attached hydrogens (tertiary/aromatic N) is 1. The van der Waals surface area contributed by atoms with Gasteiger partial charge in [0.25, 0.3) is 0 Å². The van der Waals surface area contributed by atoms with Crippen molar-refractivity contribution in [2.24, 2.45) is 5.73 Å². The summed E-state index contributed by atoms with van der Waals surface area (Å²) < 4.78 is 0. The van der Waals surface area contributed by atoms with Crippen LogP contribution in [0.2, 0.25) is 0 Å². The summed E-state index contributed by atoms with van der Waals surface area (Å²) in [6.45, 7) is 9.22. The van der Waals surface area contributed by atoms with Crippen molar-refractivity contribution in [2.75, 3.05) is 0 Å². The van der Waals surface area contributed by atoms with Crippen molar-refractivity contribution in [2.45, 2.75) is 52.2 Å². The number of carboxylic acid groups (broad SMARTS) is 1. The maximum absolute atomic E-state index is 11.0. The molecule has 0 aromatic carbocycles. The van der Waals surface area contributed by atoms with Gasteiger partial charge in [0.15, 0.2) is 0 Å². The largest absolute Gasteiger partial charge is 0.465 e. The van der Waals surface area contributed by atoms with Gasteiger partial charge in [0, 0.05) is 17.6 Å². The van der Waals surface area contributed by atoms with E-state index in [1.807, 2.05) is 34.6 Å². The summed E-state index contributed by atoms with van der Waals surface area (Å²) in [5.41, 5.74) is 5.26. The number of hydrogen-bond donors (Lipinski definition) is 2. The minimum absolute atomic E-state index is 0.157. The number of hydrogen-bond acceptors (Lipinski definition) is 2. The Morgan fingerprint density at radius 3 is 1.85 bits per heavy atom. The Morgan fingerprint density at radius 1 is 1.38 bits per heavy atom. The van der Waals surface area contributed by atoms with E-state index >= 15 is 0 Å². The molecule has 0 aliphatic rings. The molecule has 0 spiro atoms. The van der Waals surface area contributed by atoms with Gasteiger partial charge in [-0.3, -0.25) is 4.90 Å². The van der Waals surface area contributed by atoms with Gasteiger partial charge in [-0.1, -0.05) is 0 Å². The quantitative estimate of drug-likeness (QED) is 0.690. The van der Waals surface area contributed by atoms with Crippen LogP contribution in [0.3, 0.4) is 0 Å². The molecule has 0 aliphatic heterocycles. The molecule has 0 aromatic heterocycles. The van der Waals surface area contributed by atoms with Crippen molar-refractivity contribution in [3.05, 3.63) is 0 Å². The molecule has 0 saturated carbocycles. The lowest BCUT2D eigenvalue weighted by atomic mass is 10.0. The SMILES string of the molecule is C[C@@H](N)[C@H](C)N(C(=O)O)C(C)(C)C. The molecule has 2 atom stereocenters. The van der Waals surface area contributed by atoms with Crippen LogP contribution in [0.15, 0.2) is 0 Å². The molecule has 4 nitrogen and oxygen atoms in total. The zero-order valence-electron chi connectivity index (χ0n) is 9.03. The van der Waals surface area contributed by atoms with Crippen LogP contribution in [0.4, 0.5) is 4.79 Å². The van der Waals surface area contributed by atoms with Gasteiger partial charge < -0.3 is 10.8 Å². The minimum Gasteiger partial charge on any atom is -0.465 e. The average Bonchev–Trinajstić information content (AvgIpc) is 1.82. The smallest absolute Gasteiger partial charge is 0.408 e. The van der Waals surface area contributed by atoms with Gasteiger partial charge in [0.2, 0.25) is 0 Å². The second kappa shape index (κ2) is 3.96. The highest BCUT2D eigenvalue weighted by Crippen LogP contribution is 2.18. The molecule has 0 heterocycles. The molecule has 0 saturated heterocycles. The van der Waals surface area contributed by atoms with Gasteiger partial charge in [-0.15, -0.1) is 0 Å². The Morgan fingerprint density at radius 2 is 1.77 bits per heavy atom. The molecule has 0 unspecified atom stereocenters. The third kappa shape index (κ3) is 3.22. The first-order chi connectivity index (χ1) is 5.68. The molecule has 3 N–H and O–H groups in total. The van der Waals surface area contributed by atoms with Crippen molar-refractivity contribution in [1.29, 1.82) is 0 Å². The van der Waals surface area contributed by atoms with Crippen molar-refractivity contribution in [1.82, 2.24) is 4.90 Å². The number of carbonyl (C=O) groups is 1. The van der Waals surface area contributed by atoms with Crippen molar-refractivity contribution in [3.8, 4) is 0 Å². The predicted octanol–water partition coefficient (Wildman–Crippen LogP) is 1.50. The van der Waals surface area contributed by atoms with Gasteiger partial charge in [-0.05, 0) is 34.6 Å². The molecule has 0 aliphatic carbocycles. The highest BCUT2D eigenvalue weighted by atomic mass is 16.4. The number of rotatable bonds is 2. The first kappa shape index (κ1) is 12.2. The molecular formula is C9H20N2O2. The fourth-order valence-electron chi connectivity index (χ4n) is 1.31. The van der Waals surface area contributed by atoms with E-state index in [0.717, 1.165) is 0 Å². The minimum atomic E-state index is -0.919. The van der Waals surface area contributed by atoms with Crippen LogP contribution >= 0.6 is 0 Å². The van der Waals surface area contributed by atoms with Crippen molar-refractivity contribution < 1.29 is 9.90 Å². The summed E-state index contributed by atoms with van der Waals surface area (Å²) in [5, 5.41) is 9.00. The normalized spacial score (nSPS) is 16.5. The van der Waals surface area contributed by atoms with E-state index in [2.05, 4.69) is 0 Å². The molecule has 0 rings (SSSR count). The molecule has 1 amide bonds. The molecule has 4 heteroatoms. The Bertz CT molecular complexity index is 185. The summed E-state index contributed by atoms with van der Waals surface area (Å²) in [5.74, 6) is 0. The monoisotopic (exact) mass is 188 g/mol. The number of nitrogens with two attached hydrogens (primary N) is 1. The summed E-state index contributed by atoms with van der Waals surface area (Å²) >= 11 is 0. The van der Waals surface area contributed by atoms with Gasteiger partial charge >= 0.3 is 6.09 Å². The second-order valence-corrected chi connectivity index (χ2v) is 4.42. The zero-order valence-corrected chi connectivity index (χ0v) is 9.03. The third-order valence-electron chi connectivity index (χ3n) is 2.10. The summed E-state index contributed by atoms with van der Waals surface area (Å²) in [6, 6.07) is -0.326. The average molecular weight is 188 g/mol. The first-order valence-corrected chi connectivity index (χ1v) is 4.45. The second-order valence-electron chi connectivity index (χ2n) is 4.42. The van der Waals surface area contributed by atoms with E-state index < -0.39 is 11.6 Å². The highest BCUT2D eigenvalue weighted by molar-refractivity contribution is 5.66. The van der Waals surface area contributed by atoms with E-state index in [1.165, 1.54) is 4.90 Å². The highest BCUT2D eigenvalue weighted by Gasteiger charge is 2.32. The molecule has 13 heavy (non-hydrogen) atoms. The van der Waals surface area contributed by atoms with Crippen LogP contribution in [0.25, 0.3) is 0 Å². The summed E-state index contributed by atoms with van der Waals surface area (Å²) in [4.78, 5) is 12.3. The summed E-state index contributed by atoms with van der Waals surface area (Å²) in [7, 11) is 0. The number of amides is 1. The lowest BCUT2D eigenvalue weighted by molar-refractivity contribution is 0.0690. The Kier molecular flexibility index (Phi) is 3.72. The van der Waals surface area contributed by atoms with Gasteiger partial charge in [-0.2, -0.15) is 0 Å². The summed E-state index contributed by atoms with van der Waals surface area (Å²) in [6.07, 6.45) is -0.919. The predicted molar refractivity (Wildman–Crippen MR) is 52.7 cm³/mol. The van der Waals surface area contributed by atoms with Crippen LogP contribution < -0.4 is 5.73 Å². The Labute approximate surface area is 79.7 Å². The van der Waals surface area contributed by atoms with E-state index in [1.54, 1.807) is 0 Å². The van der Waals surface area contributed by atoms with Crippen LogP contribution in [0.5, 0.6) is 0 Å². The first-order valence-electron chi connectivity index (χ1n) is 4.45. The molecule has 0 aromatic rings. The molecule has 0 fully saturated rings. The Hall–Kier alpha value is -0.770. The molecule has 0 bridgehead atoms. The fourth-order valence-corrected chi connectivity index (χ4v) is 1.31. The lowest BCUT2D eigenvalue weighted by Gasteiger charge is -2.39. The topological polar surface area (TPSA) is 66.6 Å². The maximum Gasteiger partial charge on any atom is 0.408 e. The van der Waals surface area contributed by atoms with E-state index in [0.29, 0.717) is 0 Å². The van der Waals surface area contributed by atoms with E-state index in [9.17, 15) is 4.79 Å². The van der Waals surface area contributed by atoms with Crippen LogP contribution in [-0.4, -0.2) is 33.7 Å². The lowest BCUT2D eigenvalue weighted by Crippen LogP contribution is -2.55. The molecule has 0 radical (unpaired) electrons. The standard InChI is InChI=1S/C9H20N2O2/c1-6(10)7(2)11(8(12)13)9(3,4)5/h6-7H,10H2,1-5H3,(H,12,13)/t6-,7+/m1/s1. The van der Waals surface area contributed by atoms with Crippen LogP contribution in [0.1, 0.15) is 34.6 Å². The third-order valence-corrected chi connectivity index (χ3v) is 2.10. The van der Waals surface area contributed by atoms with Gasteiger partial charge in [0.05, 0.1) is 0 Å². The van der Waals surface area contributed by atoms with Crippen molar-refractivity contribution in [3.63, 3.8) is 0 Å². The van der Waals surface area contributed by atoms with Crippen LogP contribution in [-0.2, 0) is 0 Å². The van der Waals surface area contributed by atoms with Crippen LogP contribution in [0, 0.1) is 0 Å². The molecular weight excluding hydrogens is 168 g/mol. The maximum atomic E-state index is 11.0. The van der Waals surface area contributed by atoms with Gasteiger partial charge in [0.1, 0.15) is 0 Å². The van der Waals surface area contributed by atoms with E-state index in [4.69, 9.17) is 10.8 Å². The fraction of sp³-hybridized carbons (Fsp3) is 0.889. The Balaban J connectivity index is 4.72. The van der Waals surface area contributed by atoms with Gasteiger partial charge in [-0.25, -0.2) is 4.79 Å².